The molecule has 0 aliphatic carbocycles. The van der Waals surface area contributed by atoms with Gasteiger partial charge in [0.25, 0.3) is 0 Å². The molecule has 2 fully saturated rings. The molecule has 0 radical (unpaired) electrons. The second-order valence-electron chi connectivity index (χ2n) is 5.38. The van der Waals surface area contributed by atoms with Gasteiger partial charge in [0.2, 0.25) is 0 Å². The summed E-state index contributed by atoms with van der Waals surface area (Å²) >= 11 is 3.58. The van der Waals surface area contributed by atoms with Crippen molar-refractivity contribution in [3.05, 3.63) is 34.3 Å². The highest BCUT2D eigenvalue weighted by Gasteiger charge is 2.34. The van der Waals surface area contributed by atoms with Crippen molar-refractivity contribution in [2.75, 3.05) is 39.8 Å². The summed E-state index contributed by atoms with van der Waals surface area (Å²) in [5, 5.41) is 3.59. The van der Waals surface area contributed by atoms with Crippen LogP contribution in [0.2, 0.25) is 0 Å². The van der Waals surface area contributed by atoms with E-state index in [2.05, 4.69) is 62.4 Å². The third-order valence-electron chi connectivity index (χ3n) is 4.08. The molecule has 0 spiro atoms. The first kappa shape index (κ1) is 12.6. The number of benzene rings is 1. The fraction of sp³-hybridized carbons (Fsp3) is 0.571. The van der Waals surface area contributed by atoms with Crippen LogP contribution in [-0.2, 0) is 0 Å². The van der Waals surface area contributed by atoms with Crippen molar-refractivity contribution in [1.29, 1.82) is 0 Å². The maximum atomic E-state index is 3.59. The van der Waals surface area contributed by atoms with E-state index in [1.165, 1.54) is 29.7 Å². The lowest BCUT2D eigenvalue weighted by molar-refractivity contribution is 0.0290. The average Bonchev–Trinajstić information content (AvgIpc) is 2.37. The minimum absolute atomic E-state index is 0.523. The molecule has 3 nitrogen and oxygen atoms in total. The standard InChI is InChI=1S/C14H20BrN3/c1-17-5-6-18-13(10-17)8-16-9-14(18)11-3-2-4-12(15)7-11/h2-4,7,13-14,16H,5-6,8-10H2,1H3. The van der Waals surface area contributed by atoms with Gasteiger partial charge in [0.15, 0.2) is 0 Å². The molecular weight excluding hydrogens is 290 g/mol. The summed E-state index contributed by atoms with van der Waals surface area (Å²) in [6.45, 7) is 5.73. The lowest BCUT2D eigenvalue weighted by atomic mass is 9.98. The first-order valence-corrected chi connectivity index (χ1v) is 7.44. The van der Waals surface area contributed by atoms with E-state index in [1.54, 1.807) is 0 Å². The molecule has 2 aliphatic rings. The second-order valence-corrected chi connectivity index (χ2v) is 6.30. The zero-order valence-corrected chi connectivity index (χ0v) is 12.4. The zero-order valence-electron chi connectivity index (χ0n) is 10.8. The van der Waals surface area contributed by atoms with Gasteiger partial charge in [-0.2, -0.15) is 0 Å². The number of hydrogen-bond donors (Lipinski definition) is 1. The molecule has 1 aromatic carbocycles. The molecule has 2 atom stereocenters. The van der Waals surface area contributed by atoms with Crippen LogP contribution in [0.5, 0.6) is 0 Å². The Morgan fingerprint density at radius 3 is 3.00 bits per heavy atom. The van der Waals surface area contributed by atoms with Crippen LogP contribution in [0.15, 0.2) is 28.7 Å². The molecule has 2 heterocycles. The largest absolute Gasteiger partial charge is 0.313 e. The fourth-order valence-electron chi connectivity index (χ4n) is 3.14. The molecule has 0 aromatic heterocycles. The number of fused-ring (bicyclic) bond motifs is 1. The third kappa shape index (κ3) is 2.48. The highest BCUT2D eigenvalue weighted by molar-refractivity contribution is 9.10. The Hall–Kier alpha value is -0.420. The van der Waals surface area contributed by atoms with Gasteiger partial charge in [-0.1, -0.05) is 28.1 Å². The molecule has 0 amide bonds. The molecule has 18 heavy (non-hydrogen) atoms. The Balaban J connectivity index is 1.83. The number of likely N-dealkylation sites (N-methyl/N-ethyl adjacent to an activating group) is 1. The molecule has 1 N–H and O–H groups in total. The molecule has 4 heteroatoms. The van der Waals surface area contributed by atoms with Crippen molar-refractivity contribution in [2.24, 2.45) is 0 Å². The smallest absolute Gasteiger partial charge is 0.0477 e. The van der Waals surface area contributed by atoms with E-state index in [9.17, 15) is 0 Å². The Labute approximate surface area is 117 Å². The monoisotopic (exact) mass is 309 g/mol. The van der Waals surface area contributed by atoms with Gasteiger partial charge in [0, 0.05) is 49.3 Å². The van der Waals surface area contributed by atoms with Crippen LogP contribution in [0.25, 0.3) is 0 Å². The number of halogens is 1. The molecular formula is C14H20BrN3. The Kier molecular flexibility index (Phi) is 3.71. The van der Waals surface area contributed by atoms with Crippen LogP contribution < -0.4 is 5.32 Å². The zero-order chi connectivity index (χ0) is 12.5. The Morgan fingerprint density at radius 2 is 2.17 bits per heavy atom. The number of rotatable bonds is 1. The van der Waals surface area contributed by atoms with Gasteiger partial charge in [-0.15, -0.1) is 0 Å². The van der Waals surface area contributed by atoms with E-state index in [0.717, 1.165) is 13.1 Å². The van der Waals surface area contributed by atoms with Gasteiger partial charge >= 0.3 is 0 Å². The van der Waals surface area contributed by atoms with Crippen molar-refractivity contribution in [3.63, 3.8) is 0 Å². The van der Waals surface area contributed by atoms with E-state index >= 15 is 0 Å². The van der Waals surface area contributed by atoms with Gasteiger partial charge in [-0.25, -0.2) is 0 Å². The Morgan fingerprint density at radius 1 is 1.28 bits per heavy atom. The lowest BCUT2D eigenvalue weighted by Crippen LogP contribution is -2.61. The number of nitrogens with one attached hydrogen (secondary N) is 1. The van der Waals surface area contributed by atoms with Crippen LogP contribution in [-0.4, -0.2) is 55.6 Å². The van der Waals surface area contributed by atoms with Gasteiger partial charge in [-0.3, -0.25) is 4.90 Å². The summed E-state index contributed by atoms with van der Waals surface area (Å²) in [4.78, 5) is 5.12. The van der Waals surface area contributed by atoms with Crippen LogP contribution in [0, 0.1) is 0 Å². The van der Waals surface area contributed by atoms with Crippen molar-refractivity contribution in [3.8, 4) is 0 Å². The maximum Gasteiger partial charge on any atom is 0.0477 e. The molecule has 2 unspecified atom stereocenters. The highest BCUT2D eigenvalue weighted by atomic mass is 79.9. The second kappa shape index (κ2) is 5.29. The SMILES string of the molecule is CN1CCN2C(CNCC2c2cccc(Br)c2)C1. The van der Waals surface area contributed by atoms with Crippen LogP contribution in [0.1, 0.15) is 11.6 Å². The van der Waals surface area contributed by atoms with E-state index in [0.29, 0.717) is 12.1 Å². The molecule has 2 saturated heterocycles. The van der Waals surface area contributed by atoms with Gasteiger partial charge < -0.3 is 10.2 Å². The van der Waals surface area contributed by atoms with E-state index in [1.807, 2.05) is 0 Å². The van der Waals surface area contributed by atoms with Crippen molar-refractivity contribution in [1.82, 2.24) is 15.1 Å². The predicted molar refractivity (Wildman–Crippen MR) is 77.7 cm³/mol. The molecule has 3 rings (SSSR count). The average molecular weight is 310 g/mol. The number of piperazine rings is 2. The minimum atomic E-state index is 0.523. The van der Waals surface area contributed by atoms with E-state index < -0.39 is 0 Å². The van der Waals surface area contributed by atoms with Gasteiger partial charge in [0.1, 0.15) is 0 Å². The van der Waals surface area contributed by atoms with E-state index in [-0.39, 0.29) is 0 Å². The molecule has 0 bridgehead atoms. The van der Waals surface area contributed by atoms with Crippen molar-refractivity contribution < 1.29 is 0 Å². The first-order chi connectivity index (χ1) is 8.74. The summed E-state index contributed by atoms with van der Waals surface area (Å²) in [5.74, 6) is 0. The summed E-state index contributed by atoms with van der Waals surface area (Å²) in [6, 6.07) is 9.92. The number of hydrogen-bond acceptors (Lipinski definition) is 3. The third-order valence-corrected chi connectivity index (χ3v) is 4.58. The molecule has 2 aliphatic heterocycles. The molecule has 98 valence electrons. The van der Waals surface area contributed by atoms with E-state index in [4.69, 9.17) is 0 Å². The normalized spacial score (nSPS) is 30.1. The molecule has 1 aromatic rings. The molecule has 0 saturated carbocycles. The van der Waals surface area contributed by atoms with Crippen molar-refractivity contribution >= 4 is 15.9 Å². The van der Waals surface area contributed by atoms with Gasteiger partial charge in [-0.05, 0) is 24.7 Å². The maximum absolute atomic E-state index is 3.59. The summed E-state index contributed by atoms with van der Waals surface area (Å²) in [5.41, 5.74) is 1.42. The first-order valence-electron chi connectivity index (χ1n) is 6.64. The summed E-state index contributed by atoms with van der Waals surface area (Å²) < 4.78 is 1.18. The summed E-state index contributed by atoms with van der Waals surface area (Å²) in [7, 11) is 2.22. The summed E-state index contributed by atoms with van der Waals surface area (Å²) in [6.07, 6.45) is 0. The quantitative estimate of drug-likeness (QED) is 0.852. The van der Waals surface area contributed by atoms with Gasteiger partial charge in [0.05, 0.1) is 0 Å². The highest BCUT2D eigenvalue weighted by Crippen LogP contribution is 2.28. The minimum Gasteiger partial charge on any atom is -0.313 e. The van der Waals surface area contributed by atoms with Crippen LogP contribution in [0.4, 0.5) is 0 Å². The Bertz CT molecular complexity index is 423. The lowest BCUT2D eigenvalue weighted by Gasteiger charge is -2.48. The topological polar surface area (TPSA) is 18.5 Å². The predicted octanol–water partition coefficient (Wildman–Crippen LogP) is 1.71. The van der Waals surface area contributed by atoms with Crippen molar-refractivity contribution in [2.45, 2.75) is 12.1 Å². The number of nitrogens with zero attached hydrogens (tertiary/aromatic N) is 2. The van der Waals surface area contributed by atoms with Crippen LogP contribution >= 0.6 is 15.9 Å². The fourth-order valence-corrected chi connectivity index (χ4v) is 3.56. The van der Waals surface area contributed by atoms with Crippen LogP contribution in [0.3, 0.4) is 0 Å².